The standard InChI is InChI=1S/2C11H14O2.C10H18O2.C10H12O2.C10H20O2.C8H16O2.4C7H14O2/c1-9(11(12)13-2)8-10-6-4-3-5-7-10;1-3-11(12)13-9(2)10-7-5-4-6-8-10;1-8(10(11)12-2)9-6-4-3-5-7-9;1-8(2)10(11)12-9-6-4-3-5-7-9;1-7(2)6-9(5)10(11)12-8(3)4;1-6(2)5-7(3)8(9)10-4;1-5-6(8)9-7(2,3)4;1-5(2)6(3)7(8)9-4;1-4-5-6(2)7(8)9-3;1-4-6(3)7(8)9-5-2/h3-7,9H,8H2,1-2H3;4-9H,3H2,1-2H3;8-9H,3-7H2,1-2H3;3-8H,1-2H3;7-9H,6H2,1-5H3;6-7H,5H2,1-4H3;5H2,1-4H3;5-6H,1-4H3;2*6H,4-5H2,1-3H3. The molecular weight excluding hydrogens is 1380 g/mol. The van der Waals surface area contributed by atoms with Gasteiger partial charge in [-0.15, -0.1) is 0 Å². The van der Waals surface area contributed by atoms with E-state index in [1.165, 1.54) is 73.2 Å². The second kappa shape index (κ2) is 68.6. The Labute approximate surface area is 654 Å². The molecule has 1 aliphatic carbocycles. The summed E-state index contributed by atoms with van der Waals surface area (Å²) in [7, 11) is 7.17. The number of para-hydroxylation sites is 1. The zero-order valence-electron chi connectivity index (χ0n) is 72.8. The van der Waals surface area contributed by atoms with Gasteiger partial charge in [-0.3, -0.25) is 47.9 Å². The molecule has 108 heavy (non-hydrogen) atoms. The van der Waals surface area contributed by atoms with Gasteiger partial charge in [0, 0.05) is 12.8 Å². The zero-order valence-corrected chi connectivity index (χ0v) is 72.8. The first-order chi connectivity index (χ1) is 50.4. The van der Waals surface area contributed by atoms with Crippen LogP contribution in [0.25, 0.3) is 0 Å². The second-order valence-electron chi connectivity index (χ2n) is 29.4. The Kier molecular flexibility index (Phi) is 70.7. The maximum atomic E-state index is 11.3. The lowest BCUT2D eigenvalue weighted by Crippen LogP contribution is -2.24. The van der Waals surface area contributed by atoms with Crippen LogP contribution in [0.3, 0.4) is 0 Å². The summed E-state index contributed by atoms with van der Waals surface area (Å²) < 4.78 is 48.0. The summed E-state index contributed by atoms with van der Waals surface area (Å²) in [5, 5.41) is 0. The average Bonchev–Trinajstić information content (AvgIpc) is 0.939. The van der Waals surface area contributed by atoms with Gasteiger partial charge in [-0.05, 0) is 140 Å². The molecule has 0 aromatic heterocycles. The number of esters is 10. The molecule has 0 bridgehead atoms. The Hall–Kier alpha value is -7.64. The maximum absolute atomic E-state index is 11.3. The quantitative estimate of drug-likeness (QED) is 0.0411. The number of hydrogen-bond acceptors (Lipinski definition) is 20. The molecule has 0 N–H and O–H groups in total. The molecule has 0 radical (unpaired) electrons. The van der Waals surface area contributed by atoms with E-state index in [9.17, 15) is 47.9 Å². The fraction of sp³-hybridized carbons (Fsp3) is 0.682. The molecule has 622 valence electrons. The molecule has 0 heterocycles. The highest BCUT2D eigenvalue weighted by molar-refractivity contribution is 5.75. The van der Waals surface area contributed by atoms with Crippen LogP contribution in [0.5, 0.6) is 5.75 Å². The van der Waals surface area contributed by atoms with Crippen molar-refractivity contribution in [3.05, 3.63) is 102 Å². The normalized spacial score (nSPS) is 13.4. The summed E-state index contributed by atoms with van der Waals surface area (Å²) in [6, 6.07) is 28.7. The van der Waals surface area contributed by atoms with Gasteiger partial charge in [0.1, 0.15) is 17.5 Å². The van der Waals surface area contributed by atoms with Crippen molar-refractivity contribution < 1.29 is 95.3 Å². The van der Waals surface area contributed by atoms with Crippen molar-refractivity contribution in [2.45, 2.75) is 281 Å². The molecule has 0 saturated heterocycles. The largest absolute Gasteiger partial charge is 0.469 e. The van der Waals surface area contributed by atoms with Gasteiger partial charge in [0.25, 0.3) is 0 Å². The van der Waals surface area contributed by atoms with E-state index in [0.29, 0.717) is 48.9 Å². The highest BCUT2D eigenvalue weighted by Crippen LogP contribution is 2.30. The van der Waals surface area contributed by atoms with E-state index < -0.39 is 0 Å². The van der Waals surface area contributed by atoms with Gasteiger partial charge >= 0.3 is 59.7 Å². The minimum Gasteiger partial charge on any atom is -0.469 e. The Morgan fingerprint density at radius 1 is 0.435 bits per heavy atom. The van der Waals surface area contributed by atoms with Crippen molar-refractivity contribution in [1.82, 2.24) is 0 Å². The predicted octanol–water partition coefficient (Wildman–Crippen LogP) is 20.2. The highest BCUT2D eigenvalue weighted by Gasteiger charge is 2.26. The van der Waals surface area contributed by atoms with Crippen LogP contribution >= 0.6 is 0 Å². The molecule has 0 spiro atoms. The third-order valence-electron chi connectivity index (χ3n) is 16.1. The van der Waals surface area contributed by atoms with Crippen LogP contribution in [-0.4, -0.2) is 114 Å². The number of hydrogen-bond donors (Lipinski definition) is 0. The SMILES string of the molecule is CC(C)C(=O)Oc1ccccc1.CC(C)CC(C)C(=O)OC(C)C.CCC(=O)OC(C)(C)C.CCC(=O)OC(C)c1ccccc1.CCCC(C)C(=O)OC.CCOC(=O)C(C)CC.COC(=O)C(C)C(C)C.COC(=O)C(C)C1CCCCC1.COC(=O)C(C)CC(C)C.COC(=O)C(C)Cc1ccccc1. The van der Waals surface area contributed by atoms with E-state index >= 15 is 0 Å². The second-order valence-corrected chi connectivity index (χ2v) is 29.4. The molecule has 1 saturated carbocycles. The molecule has 0 amide bonds. The molecular formula is C88H150O20. The van der Waals surface area contributed by atoms with Crippen LogP contribution in [0.2, 0.25) is 0 Å². The van der Waals surface area contributed by atoms with Crippen LogP contribution in [-0.2, 0) is 97.0 Å². The summed E-state index contributed by atoms with van der Waals surface area (Å²) in [5.74, 6) is 1.72. The lowest BCUT2D eigenvalue weighted by molar-refractivity contribution is -0.155. The van der Waals surface area contributed by atoms with Crippen molar-refractivity contribution in [3.63, 3.8) is 0 Å². The first-order valence-corrected chi connectivity index (χ1v) is 39.0. The monoisotopic (exact) mass is 1530 g/mol. The maximum Gasteiger partial charge on any atom is 0.313 e. The van der Waals surface area contributed by atoms with Gasteiger partial charge in [-0.25, -0.2) is 0 Å². The van der Waals surface area contributed by atoms with Gasteiger partial charge < -0.3 is 47.4 Å². The number of carbonyl (C=O) groups is 10. The van der Waals surface area contributed by atoms with Crippen molar-refractivity contribution >= 4 is 59.7 Å². The number of rotatable bonds is 26. The molecule has 20 nitrogen and oxygen atoms in total. The molecule has 20 heteroatoms. The van der Waals surface area contributed by atoms with Crippen LogP contribution in [0, 0.1) is 71.0 Å². The van der Waals surface area contributed by atoms with Crippen LogP contribution in [0.15, 0.2) is 91.0 Å². The zero-order chi connectivity index (χ0) is 84.7. The fourth-order valence-corrected chi connectivity index (χ4v) is 9.29. The summed E-state index contributed by atoms with van der Waals surface area (Å²) in [6.07, 6.45) is 12.4. The minimum absolute atomic E-state index is 0.00659. The molecule has 8 unspecified atom stereocenters. The van der Waals surface area contributed by atoms with Gasteiger partial charge in [0.05, 0.1) is 95.6 Å². The van der Waals surface area contributed by atoms with Crippen LogP contribution in [0.1, 0.15) is 274 Å². The average molecular weight is 1530 g/mol. The molecule has 0 aliphatic heterocycles. The Bertz CT molecular complexity index is 2770. The third kappa shape index (κ3) is 65.4. The summed E-state index contributed by atoms with van der Waals surface area (Å²) in [5.41, 5.74) is 1.87. The first-order valence-electron chi connectivity index (χ1n) is 39.0. The summed E-state index contributed by atoms with van der Waals surface area (Å²) >= 11 is 0. The van der Waals surface area contributed by atoms with Crippen molar-refractivity contribution in [2.24, 2.45) is 71.0 Å². The molecule has 3 aromatic rings. The van der Waals surface area contributed by atoms with E-state index in [-0.39, 0.29) is 125 Å². The fourth-order valence-electron chi connectivity index (χ4n) is 9.29. The van der Waals surface area contributed by atoms with Gasteiger partial charge in [0.2, 0.25) is 0 Å². The lowest BCUT2D eigenvalue weighted by Gasteiger charge is -2.25. The Morgan fingerprint density at radius 2 is 0.852 bits per heavy atom. The number of methoxy groups -OCH3 is 5. The Morgan fingerprint density at radius 3 is 1.20 bits per heavy atom. The van der Waals surface area contributed by atoms with Crippen LogP contribution in [0.4, 0.5) is 0 Å². The van der Waals surface area contributed by atoms with Crippen molar-refractivity contribution in [1.29, 1.82) is 0 Å². The van der Waals surface area contributed by atoms with Crippen LogP contribution < -0.4 is 4.74 Å². The van der Waals surface area contributed by atoms with E-state index in [4.69, 9.17) is 28.4 Å². The third-order valence-corrected chi connectivity index (χ3v) is 16.1. The number of benzene rings is 3. The summed E-state index contributed by atoms with van der Waals surface area (Å²) in [6.45, 7) is 50.5. The van der Waals surface area contributed by atoms with E-state index in [1.807, 2.05) is 210 Å². The summed E-state index contributed by atoms with van der Waals surface area (Å²) in [4.78, 5) is 109. The molecule has 1 fully saturated rings. The molecule has 4 rings (SSSR count). The van der Waals surface area contributed by atoms with E-state index in [0.717, 1.165) is 44.1 Å². The smallest absolute Gasteiger partial charge is 0.313 e. The molecule has 3 aromatic carbocycles. The number of carbonyl (C=O) groups excluding carboxylic acids is 10. The van der Waals surface area contributed by atoms with Crippen molar-refractivity contribution in [2.75, 3.05) is 42.2 Å². The lowest BCUT2D eigenvalue weighted by atomic mass is 9.81. The number of ether oxygens (including phenoxy) is 10. The van der Waals surface area contributed by atoms with Gasteiger partial charge in [-0.1, -0.05) is 236 Å². The van der Waals surface area contributed by atoms with E-state index in [1.54, 1.807) is 26.0 Å². The highest BCUT2D eigenvalue weighted by atomic mass is 16.6. The predicted molar refractivity (Wildman–Crippen MR) is 432 cm³/mol. The topological polar surface area (TPSA) is 263 Å². The molecule has 1 aliphatic rings. The molecule has 8 atom stereocenters. The van der Waals surface area contributed by atoms with E-state index in [2.05, 4.69) is 53.6 Å². The minimum atomic E-state index is -0.326. The Balaban J connectivity index is -0.000000269. The van der Waals surface area contributed by atoms with Gasteiger partial charge in [0.15, 0.2) is 0 Å². The first kappa shape index (κ1) is 111. The van der Waals surface area contributed by atoms with Gasteiger partial charge in [-0.2, -0.15) is 0 Å². The van der Waals surface area contributed by atoms with Crippen molar-refractivity contribution in [3.8, 4) is 5.75 Å².